The van der Waals surface area contributed by atoms with Crippen molar-refractivity contribution in [2.45, 2.75) is 79.1 Å². The van der Waals surface area contributed by atoms with Gasteiger partial charge in [0.1, 0.15) is 16.8 Å². The zero-order valence-corrected chi connectivity index (χ0v) is 26.2. The number of nitrogens with zero attached hydrogens (tertiary/aromatic N) is 4. The van der Waals surface area contributed by atoms with Crippen molar-refractivity contribution < 1.29 is 33.4 Å². The molecule has 0 atom stereocenters. The highest BCUT2D eigenvalue weighted by molar-refractivity contribution is 5.87. The predicted molar refractivity (Wildman–Crippen MR) is 154 cm³/mol. The van der Waals surface area contributed by atoms with Crippen molar-refractivity contribution in [1.29, 1.82) is 0 Å². The number of carbonyl (C=O) groups is 4. The minimum atomic E-state index is -0.616. The molecule has 0 bridgehead atoms. The molecule has 40 heavy (non-hydrogen) atoms. The maximum atomic E-state index is 12.7. The summed E-state index contributed by atoms with van der Waals surface area (Å²) in [6, 6.07) is 0. The molecule has 1 aliphatic heterocycles. The van der Waals surface area contributed by atoms with Crippen molar-refractivity contribution in [2.75, 3.05) is 72.0 Å². The zero-order chi connectivity index (χ0) is 30.7. The largest absolute Gasteiger partial charge is 0.459 e. The van der Waals surface area contributed by atoms with Crippen molar-refractivity contribution in [2.24, 2.45) is 0 Å². The Kier molecular flexibility index (Phi) is 13.8. The summed E-state index contributed by atoms with van der Waals surface area (Å²) in [5.41, 5.74) is -1.85. The quantitative estimate of drug-likeness (QED) is 0.257. The molecule has 1 fully saturated rings. The molecule has 0 unspecified atom stereocenters. The van der Waals surface area contributed by atoms with E-state index in [0.29, 0.717) is 52.4 Å². The third kappa shape index (κ3) is 16.6. The molecule has 1 aliphatic rings. The number of rotatable bonds is 7. The summed E-state index contributed by atoms with van der Waals surface area (Å²) >= 11 is 0. The zero-order valence-electron chi connectivity index (χ0n) is 26.2. The Morgan fingerprint density at radius 3 is 1.02 bits per heavy atom. The number of carbonyl (C=O) groups excluding carboxylic acids is 4. The van der Waals surface area contributed by atoms with E-state index in [-0.39, 0.29) is 43.4 Å². The van der Waals surface area contributed by atoms with E-state index in [4.69, 9.17) is 14.2 Å². The van der Waals surface area contributed by atoms with Gasteiger partial charge in [-0.05, 0) is 68.4 Å². The lowest BCUT2D eigenvalue weighted by Crippen LogP contribution is -2.50. The molecule has 1 saturated heterocycles. The van der Waals surface area contributed by atoms with Gasteiger partial charge in [0.05, 0.1) is 19.6 Å². The van der Waals surface area contributed by atoms with E-state index in [1.165, 1.54) is 6.08 Å². The van der Waals surface area contributed by atoms with Crippen LogP contribution in [0, 0.1) is 0 Å². The normalized spacial score (nSPS) is 17.8. The summed E-state index contributed by atoms with van der Waals surface area (Å²) in [7, 11) is 0. The smallest absolute Gasteiger partial charge is 0.320 e. The Morgan fingerprint density at radius 2 is 0.800 bits per heavy atom. The fraction of sp³-hybridized carbons (Fsp3) is 0.793. The standard InChI is InChI=1S/C29H52N4O7/c1-11-23(34)33-18-16-31(21-25(36)39-28(5,6)7)14-12-30(20-24(35)38-27(2,3)4)13-15-32(17-19-33)22-26(37)40-29(8,9)10/h11H,1,12-22H2,2-10H3. The van der Waals surface area contributed by atoms with Crippen molar-refractivity contribution in [1.82, 2.24) is 19.6 Å². The lowest BCUT2D eigenvalue weighted by Gasteiger charge is -2.34. The van der Waals surface area contributed by atoms with Gasteiger partial charge in [-0.3, -0.25) is 33.9 Å². The molecular weight excluding hydrogens is 516 g/mol. The first-order valence-corrected chi connectivity index (χ1v) is 14.0. The molecule has 0 saturated carbocycles. The molecule has 0 spiro atoms. The Hall–Kier alpha value is -2.50. The highest BCUT2D eigenvalue weighted by Gasteiger charge is 2.26. The number of amides is 1. The van der Waals surface area contributed by atoms with Gasteiger partial charge in [0.25, 0.3) is 0 Å². The van der Waals surface area contributed by atoms with E-state index < -0.39 is 16.8 Å². The molecule has 0 aliphatic carbocycles. The van der Waals surface area contributed by atoms with Crippen LogP contribution >= 0.6 is 0 Å². The molecule has 1 heterocycles. The molecule has 0 aromatic heterocycles. The maximum absolute atomic E-state index is 12.7. The molecular formula is C29H52N4O7. The number of hydrogen-bond acceptors (Lipinski definition) is 10. The first kappa shape index (κ1) is 35.5. The molecule has 0 aromatic rings. The molecule has 0 aromatic carbocycles. The van der Waals surface area contributed by atoms with Gasteiger partial charge in [0, 0.05) is 52.4 Å². The molecule has 1 rings (SSSR count). The summed E-state index contributed by atoms with van der Waals surface area (Å²) in [4.78, 5) is 58.1. The molecule has 11 heteroatoms. The van der Waals surface area contributed by atoms with Crippen LogP contribution < -0.4 is 0 Å². The maximum Gasteiger partial charge on any atom is 0.320 e. The minimum absolute atomic E-state index is 0.0540. The molecule has 1 amide bonds. The highest BCUT2D eigenvalue weighted by Crippen LogP contribution is 2.11. The third-order valence-corrected chi connectivity index (χ3v) is 5.64. The first-order valence-electron chi connectivity index (χ1n) is 14.0. The monoisotopic (exact) mass is 568 g/mol. The van der Waals surface area contributed by atoms with Crippen LogP contribution in [0.1, 0.15) is 62.3 Å². The third-order valence-electron chi connectivity index (χ3n) is 5.64. The van der Waals surface area contributed by atoms with Crippen LogP contribution in [-0.2, 0) is 33.4 Å². The van der Waals surface area contributed by atoms with Gasteiger partial charge in [-0.2, -0.15) is 0 Å². The molecule has 0 N–H and O–H groups in total. The fourth-order valence-electron chi connectivity index (χ4n) is 4.03. The Bertz CT molecular complexity index is 825. The van der Waals surface area contributed by atoms with E-state index >= 15 is 0 Å². The Morgan fingerprint density at radius 1 is 0.550 bits per heavy atom. The van der Waals surface area contributed by atoms with Crippen LogP contribution in [0.25, 0.3) is 0 Å². The average molecular weight is 569 g/mol. The average Bonchev–Trinajstić information content (AvgIpc) is 2.74. The predicted octanol–water partition coefficient (Wildman–Crippen LogP) is 1.95. The molecule has 0 radical (unpaired) electrons. The van der Waals surface area contributed by atoms with Crippen LogP contribution in [-0.4, -0.2) is 132 Å². The van der Waals surface area contributed by atoms with Crippen molar-refractivity contribution in [3.05, 3.63) is 12.7 Å². The van der Waals surface area contributed by atoms with E-state index in [1.54, 1.807) is 4.90 Å². The van der Waals surface area contributed by atoms with Gasteiger partial charge in [-0.25, -0.2) is 0 Å². The van der Waals surface area contributed by atoms with E-state index in [9.17, 15) is 19.2 Å². The van der Waals surface area contributed by atoms with Crippen LogP contribution in [0.2, 0.25) is 0 Å². The lowest BCUT2D eigenvalue weighted by atomic mass is 10.2. The number of hydrogen-bond donors (Lipinski definition) is 0. The topological polar surface area (TPSA) is 109 Å². The van der Waals surface area contributed by atoms with E-state index in [1.807, 2.05) is 77.0 Å². The SMILES string of the molecule is C=CC(=O)N1CCN(CC(=O)OC(C)(C)C)CCN(CC(=O)OC(C)(C)C)CCN(CC(=O)OC(C)(C)C)CC1. The highest BCUT2D eigenvalue weighted by atomic mass is 16.6. The second-order valence-electron chi connectivity index (χ2n) is 13.1. The summed E-state index contributed by atoms with van der Waals surface area (Å²) in [6.45, 7) is 23.6. The van der Waals surface area contributed by atoms with Crippen molar-refractivity contribution in [3.8, 4) is 0 Å². The lowest BCUT2D eigenvalue weighted by molar-refractivity contribution is -0.158. The Labute approximate surface area is 240 Å². The van der Waals surface area contributed by atoms with Crippen LogP contribution in [0.5, 0.6) is 0 Å². The van der Waals surface area contributed by atoms with Crippen LogP contribution in [0.3, 0.4) is 0 Å². The van der Waals surface area contributed by atoms with Crippen LogP contribution in [0.15, 0.2) is 12.7 Å². The summed E-state index contributed by atoms with van der Waals surface area (Å²) in [5, 5.41) is 0. The van der Waals surface area contributed by atoms with E-state index in [0.717, 1.165) is 0 Å². The van der Waals surface area contributed by atoms with Crippen LogP contribution in [0.4, 0.5) is 0 Å². The van der Waals surface area contributed by atoms with Gasteiger partial charge in [-0.1, -0.05) is 6.58 Å². The fourth-order valence-corrected chi connectivity index (χ4v) is 4.03. The second kappa shape index (κ2) is 15.5. The van der Waals surface area contributed by atoms with E-state index in [2.05, 4.69) is 6.58 Å². The second-order valence-corrected chi connectivity index (χ2v) is 13.1. The van der Waals surface area contributed by atoms with Gasteiger partial charge < -0.3 is 19.1 Å². The number of esters is 3. The summed E-state index contributed by atoms with van der Waals surface area (Å²) in [6.07, 6.45) is 1.27. The Balaban J connectivity index is 3.16. The van der Waals surface area contributed by atoms with Gasteiger partial charge in [0.2, 0.25) is 5.91 Å². The molecule has 230 valence electrons. The first-order chi connectivity index (χ1) is 18.3. The van der Waals surface area contributed by atoms with Crippen molar-refractivity contribution >= 4 is 23.8 Å². The van der Waals surface area contributed by atoms with Crippen molar-refractivity contribution in [3.63, 3.8) is 0 Å². The molecule has 11 nitrogen and oxygen atoms in total. The van der Waals surface area contributed by atoms with Gasteiger partial charge >= 0.3 is 17.9 Å². The summed E-state index contributed by atoms with van der Waals surface area (Å²) < 4.78 is 16.6. The van der Waals surface area contributed by atoms with Gasteiger partial charge in [0.15, 0.2) is 0 Å². The minimum Gasteiger partial charge on any atom is -0.459 e. The number of ether oxygens (including phenoxy) is 3. The van der Waals surface area contributed by atoms with Gasteiger partial charge in [-0.15, -0.1) is 0 Å². The summed E-state index contributed by atoms with van der Waals surface area (Å²) in [5.74, 6) is -1.29.